The van der Waals surface area contributed by atoms with E-state index >= 15 is 0 Å². The van der Waals surface area contributed by atoms with Crippen molar-refractivity contribution in [2.75, 3.05) is 27.2 Å². The molecule has 1 fully saturated rings. The van der Waals surface area contributed by atoms with Crippen molar-refractivity contribution in [3.05, 3.63) is 0 Å². The van der Waals surface area contributed by atoms with Gasteiger partial charge in [0.25, 0.3) is 0 Å². The zero-order valence-corrected chi connectivity index (χ0v) is 7.29. The van der Waals surface area contributed by atoms with Gasteiger partial charge >= 0.3 is 0 Å². The highest BCUT2D eigenvalue weighted by molar-refractivity contribution is 4.75. The third-order valence-electron chi connectivity index (χ3n) is 2.33. The third-order valence-corrected chi connectivity index (χ3v) is 2.33. The van der Waals surface area contributed by atoms with E-state index in [1.165, 1.54) is 0 Å². The van der Waals surface area contributed by atoms with Crippen molar-refractivity contribution < 1.29 is 9.84 Å². The molecule has 0 saturated carbocycles. The predicted molar refractivity (Wildman–Crippen MR) is 43.5 cm³/mol. The molecule has 1 N–H and O–H groups in total. The quantitative estimate of drug-likeness (QED) is 0.588. The zero-order valence-electron chi connectivity index (χ0n) is 7.29. The maximum absolute atomic E-state index is 9.52. The van der Waals surface area contributed by atoms with Gasteiger partial charge in [0.15, 0.2) is 0 Å². The van der Waals surface area contributed by atoms with Gasteiger partial charge in [0, 0.05) is 20.2 Å². The van der Waals surface area contributed by atoms with Crippen molar-refractivity contribution >= 4 is 0 Å². The van der Waals surface area contributed by atoms with Crippen LogP contribution in [0.4, 0.5) is 0 Å². The second-order valence-corrected chi connectivity index (χ2v) is 3.22. The minimum absolute atomic E-state index is 0.0416. The number of rotatable bonds is 1. The van der Waals surface area contributed by atoms with E-state index in [1.807, 2.05) is 0 Å². The summed E-state index contributed by atoms with van der Waals surface area (Å²) in [4.78, 5) is 2.22. The van der Waals surface area contributed by atoms with Crippen molar-refractivity contribution in [1.82, 2.24) is 4.90 Å². The lowest BCUT2D eigenvalue weighted by molar-refractivity contribution is -0.0122. The van der Waals surface area contributed by atoms with Crippen LogP contribution in [0.3, 0.4) is 0 Å². The minimum atomic E-state index is -0.273. The molecule has 1 saturated heterocycles. The Hall–Kier alpha value is -0.120. The van der Waals surface area contributed by atoms with E-state index in [4.69, 9.17) is 4.74 Å². The Labute approximate surface area is 68.0 Å². The molecule has 0 aliphatic carbocycles. The van der Waals surface area contributed by atoms with Crippen LogP contribution in [0, 0.1) is 0 Å². The molecule has 0 bridgehead atoms. The molecule has 0 amide bonds. The number of hydrogen-bond donors (Lipinski definition) is 1. The topological polar surface area (TPSA) is 32.7 Å². The average Bonchev–Trinajstić information content (AvgIpc) is 2.15. The van der Waals surface area contributed by atoms with Gasteiger partial charge in [-0.25, -0.2) is 0 Å². The molecule has 11 heavy (non-hydrogen) atoms. The molecule has 1 aliphatic heterocycles. The van der Waals surface area contributed by atoms with Crippen molar-refractivity contribution in [1.29, 1.82) is 0 Å². The van der Waals surface area contributed by atoms with E-state index in [9.17, 15) is 5.11 Å². The Morgan fingerprint density at radius 2 is 2.00 bits per heavy atom. The van der Waals surface area contributed by atoms with Gasteiger partial charge < -0.3 is 14.7 Å². The summed E-state index contributed by atoms with van der Waals surface area (Å²) in [7, 11) is 3.74. The summed E-state index contributed by atoms with van der Waals surface area (Å²) in [6, 6.07) is 0. The molecule has 0 aromatic carbocycles. The molecule has 1 aliphatic rings. The highest BCUT2D eigenvalue weighted by atomic mass is 16.5. The van der Waals surface area contributed by atoms with Gasteiger partial charge in [-0.2, -0.15) is 0 Å². The van der Waals surface area contributed by atoms with Crippen LogP contribution in [0.5, 0.6) is 0 Å². The van der Waals surface area contributed by atoms with Gasteiger partial charge in [0.05, 0.1) is 12.2 Å². The summed E-state index contributed by atoms with van der Waals surface area (Å²) >= 11 is 0. The lowest BCUT2D eigenvalue weighted by Crippen LogP contribution is -2.27. The highest BCUT2D eigenvalue weighted by Crippen LogP contribution is 2.12. The second kappa shape index (κ2) is 4.04. The fraction of sp³-hybridized carbons (Fsp3) is 1.00. The number of methoxy groups -OCH3 is 1. The van der Waals surface area contributed by atoms with Crippen LogP contribution in [0.25, 0.3) is 0 Å². The van der Waals surface area contributed by atoms with E-state index in [0.717, 1.165) is 25.9 Å². The first-order valence-corrected chi connectivity index (χ1v) is 4.13. The molecule has 0 radical (unpaired) electrons. The van der Waals surface area contributed by atoms with E-state index in [0.29, 0.717) is 0 Å². The van der Waals surface area contributed by atoms with Crippen LogP contribution in [-0.4, -0.2) is 49.5 Å². The largest absolute Gasteiger partial charge is 0.390 e. The van der Waals surface area contributed by atoms with Crippen LogP contribution in [0.15, 0.2) is 0 Å². The summed E-state index contributed by atoms with van der Waals surface area (Å²) in [5.41, 5.74) is 0. The van der Waals surface area contributed by atoms with Crippen LogP contribution in [0.2, 0.25) is 0 Å². The first-order valence-electron chi connectivity index (χ1n) is 4.13. The molecule has 0 spiro atoms. The third kappa shape index (κ3) is 2.43. The van der Waals surface area contributed by atoms with Gasteiger partial charge in [-0.1, -0.05) is 0 Å². The Bertz CT molecular complexity index is 119. The van der Waals surface area contributed by atoms with E-state index in [1.54, 1.807) is 7.11 Å². The number of aliphatic hydroxyl groups excluding tert-OH is 1. The molecule has 0 aromatic rings. The number of aliphatic hydroxyl groups is 1. The number of ether oxygens (including phenoxy) is 1. The number of nitrogens with zero attached hydrogens (tertiary/aromatic N) is 1. The molecule has 3 heteroatoms. The van der Waals surface area contributed by atoms with Crippen molar-refractivity contribution in [2.24, 2.45) is 0 Å². The van der Waals surface area contributed by atoms with Gasteiger partial charge in [0.1, 0.15) is 0 Å². The highest BCUT2D eigenvalue weighted by Gasteiger charge is 2.22. The zero-order chi connectivity index (χ0) is 8.27. The van der Waals surface area contributed by atoms with Gasteiger partial charge in [-0.15, -0.1) is 0 Å². The molecular formula is C8H17NO2. The van der Waals surface area contributed by atoms with Crippen LogP contribution in [0.1, 0.15) is 12.8 Å². The summed E-state index contributed by atoms with van der Waals surface area (Å²) in [6.07, 6.45) is 1.54. The monoisotopic (exact) mass is 159 g/mol. The van der Waals surface area contributed by atoms with Gasteiger partial charge in [-0.05, 0) is 19.9 Å². The smallest absolute Gasteiger partial charge is 0.0842 e. The SMILES string of the molecule is COC1CCN(C)CC[C@H]1O. The van der Waals surface area contributed by atoms with Gasteiger partial charge in [-0.3, -0.25) is 0 Å². The first kappa shape index (κ1) is 8.97. The minimum Gasteiger partial charge on any atom is -0.390 e. The molecule has 0 aromatic heterocycles. The molecule has 1 rings (SSSR count). The fourth-order valence-electron chi connectivity index (χ4n) is 1.47. The Morgan fingerprint density at radius 1 is 1.36 bits per heavy atom. The molecular weight excluding hydrogens is 142 g/mol. The molecule has 2 atom stereocenters. The predicted octanol–water partition coefficient (Wildman–Crippen LogP) is 0.0879. The summed E-state index contributed by atoms with van der Waals surface area (Å²) in [5.74, 6) is 0. The van der Waals surface area contributed by atoms with E-state index in [2.05, 4.69) is 11.9 Å². The maximum Gasteiger partial charge on any atom is 0.0842 e. The lowest BCUT2D eigenvalue weighted by Gasteiger charge is -2.17. The van der Waals surface area contributed by atoms with Crippen LogP contribution >= 0.6 is 0 Å². The Morgan fingerprint density at radius 3 is 2.64 bits per heavy atom. The molecule has 66 valence electrons. The molecule has 3 nitrogen and oxygen atoms in total. The van der Waals surface area contributed by atoms with Crippen molar-refractivity contribution in [2.45, 2.75) is 25.0 Å². The molecule has 1 unspecified atom stereocenters. The number of hydrogen-bond acceptors (Lipinski definition) is 3. The number of likely N-dealkylation sites (tertiary alicyclic amines) is 1. The first-order chi connectivity index (χ1) is 5.24. The summed E-state index contributed by atoms with van der Waals surface area (Å²) < 4.78 is 5.16. The van der Waals surface area contributed by atoms with Crippen molar-refractivity contribution in [3.63, 3.8) is 0 Å². The maximum atomic E-state index is 9.52. The summed E-state index contributed by atoms with van der Waals surface area (Å²) in [6.45, 7) is 2.00. The van der Waals surface area contributed by atoms with E-state index < -0.39 is 0 Å². The van der Waals surface area contributed by atoms with Gasteiger partial charge in [0.2, 0.25) is 0 Å². The fourth-order valence-corrected chi connectivity index (χ4v) is 1.47. The molecule has 1 heterocycles. The standard InChI is InChI=1S/C8H17NO2/c1-9-5-3-7(10)8(11-2)4-6-9/h7-8,10H,3-6H2,1-2H3/t7-,8?/m1/s1. The normalized spacial score (nSPS) is 35.2. The average molecular weight is 159 g/mol. The lowest BCUT2D eigenvalue weighted by atomic mass is 10.1. The Kier molecular flexibility index (Phi) is 3.30. The van der Waals surface area contributed by atoms with Crippen molar-refractivity contribution in [3.8, 4) is 0 Å². The second-order valence-electron chi connectivity index (χ2n) is 3.22. The van der Waals surface area contributed by atoms with Crippen LogP contribution in [-0.2, 0) is 4.74 Å². The van der Waals surface area contributed by atoms with Crippen LogP contribution < -0.4 is 0 Å². The van der Waals surface area contributed by atoms with E-state index in [-0.39, 0.29) is 12.2 Å². The summed E-state index contributed by atoms with van der Waals surface area (Å²) in [5, 5.41) is 9.52. The Balaban J connectivity index is 2.41.